The van der Waals surface area contributed by atoms with Gasteiger partial charge in [-0.25, -0.2) is 13.6 Å². The maximum atomic E-state index is 14.1. The number of benzene rings is 3. The first-order chi connectivity index (χ1) is 15.8. The first-order valence-corrected chi connectivity index (χ1v) is 11.1. The molecule has 0 aliphatic carbocycles. The minimum absolute atomic E-state index is 0.259. The van der Waals surface area contributed by atoms with Gasteiger partial charge in [-0.2, -0.15) is 0 Å². The Balaban J connectivity index is 1.53. The number of nitrogens with zero attached hydrogens (tertiary/aromatic N) is 1. The molecule has 1 saturated heterocycles. The van der Waals surface area contributed by atoms with Gasteiger partial charge in [0.25, 0.3) is 0 Å². The number of hydrogen-bond acceptors (Lipinski definition) is 3. The summed E-state index contributed by atoms with van der Waals surface area (Å²) < 4.78 is 33.3. The van der Waals surface area contributed by atoms with E-state index in [2.05, 4.69) is 0 Å². The highest BCUT2D eigenvalue weighted by Gasteiger charge is 2.44. The molecule has 1 heterocycles. The Morgan fingerprint density at radius 1 is 1.03 bits per heavy atom. The number of hydrogen-bond donors (Lipinski definition) is 1. The number of carbonyl (C=O) groups is 1. The third kappa shape index (κ3) is 4.76. The van der Waals surface area contributed by atoms with E-state index in [-0.39, 0.29) is 6.04 Å². The predicted octanol–water partition coefficient (Wildman–Crippen LogP) is 6.20. The van der Waals surface area contributed by atoms with Crippen molar-refractivity contribution in [1.29, 1.82) is 0 Å². The molecule has 1 aliphatic heterocycles. The van der Waals surface area contributed by atoms with Gasteiger partial charge in [0.2, 0.25) is 0 Å². The van der Waals surface area contributed by atoms with Gasteiger partial charge in [-0.1, -0.05) is 54.6 Å². The van der Waals surface area contributed by atoms with Gasteiger partial charge in [-0.3, -0.25) is 0 Å². The summed E-state index contributed by atoms with van der Waals surface area (Å²) in [7, 11) is 0. The van der Waals surface area contributed by atoms with Gasteiger partial charge in [0, 0.05) is 31.0 Å². The van der Waals surface area contributed by atoms with Crippen molar-refractivity contribution < 1.29 is 23.4 Å². The molecule has 1 aliphatic rings. The molecular weight excluding hydrogens is 424 g/mol. The zero-order valence-electron chi connectivity index (χ0n) is 18.7. The van der Waals surface area contributed by atoms with Gasteiger partial charge < -0.3 is 14.7 Å². The van der Waals surface area contributed by atoms with Crippen molar-refractivity contribution in [2.24, 2.45) is 0 Å². The molecule has 33 heavy (non-hydrogen) atoms. The van der Waals surface area contributed by atoms with Gasteiger partial charge in [-0.15, -0.1) is 0 Å². The Labute approximate surface area is 192 Å². The maximum Gasteiger partial charge on any atom is 0.411 e. The van der Waals surface area contributed by atoms with E-state index in [1.807, 2.05) is 49.4 Å². The number of halogens is 2. The van der Waals surface area contributed by atoms with Crippen LogP contribution < -0.4 is 0 Å². The monoisotopic (exact) mass is 451 g/mol. The third-order valence-electron chi connectivity index (χ3n) is 6.30. The number of carbonyl (C=O) groups excluding carboxylic acids is 1. The van der Waals surface area contributed by atoms with E-state index in [0.29, 0.717) is 30.5 Å². The molecule has 4 rings (SSSR count). The van der Waals surface area contributed by atoms with Crippen LogP contribution in [0, 0.1) is 11.6 Å². The number of aliphatic hydroxyl groups excluding tert-OH is 1. The summed E-state index contributed by atoms with van der Waals surface area (Å²) in [6, 6.07) is 20.0. The smallest absolute Gasteiger partial charge is 0.411 e. The van der Waals surface area contributed by atoms with Crippen LogP contribution in [0.15, 0.2) is 72.8 Å². The fourth-order valence-electron chi connectivity index (χ4n) is 4.55. The molecule has 172 valence electrons. The topological polar surface area (TPSA) is 49.8 Å². The minimum Gasteiger partial charge on any atom is -0.438 e. The quantitative estimate of drug-likeness (QED) is 0.485. The number of rotatable bonds is 6. The van der Waals surface area contributed by atoms with Gasteiger partial charge in [0.15, 0.2) is 0 Å². The van der Waals surface area contributed by atoms with Crippen LogP contribution in [0.4, 0.5) is 13.6 Å². The van der Waals surface area contributed by atoms with Crippen LogP contribution >= 0.6 is 0 Å². The lowest BCUT2D eigenvalue weighted by Crippen LogP contribution is -2.49. The van der Waals surface area contributed by atoms with E-state index >= 15 is 0 Å². The van der Waals surface area contributed by atoms with E-state index in [4.69, 9.17) is 4.74 Å². The molecule has 0 bridgehead atoms. The van der Waals surface area contributed by atoms with Crippen molar-refractivity contribution in [1.82, 2.24) is 4.90 Å². The Morgan fingerprint density at radius 3 is 2.33 bits per heavy atom. The molecule has 6 heteroatoms. The first kappa shape index (κ1) is 22.9. The second-order valence-electron chi connectivity index (χ2n) is 8.65. The highest BCUT2D eigenvalue weighted by Crippen LogP contribution is 2.40. The van der Waals surface area contributed by atoms with E-state index in [0.717, 1.165) is 17.2 Å². The van der Waals surface area contributed by atoms with Gasteiger partial charge >= 0.3 is 6.09 Å². The number of amides is 1. The standard InChI is InChI=1S/C27H27F2NO3/c1-18(31)17-27(22-6-4-3-5-7-22)14-15-30(26(32)33-27)19(2)20-8-10-21(11-9-20)24-13-12-23(28)16-25(24)29/h3-13,16,18-19,31H,14-15,17H2,1-2H3. The molecule has 0 aromatic heterocycles. The molecule has 0 radical (unpaired) electrons. The van der Waals surface area contributed by atoms with E-state index < -0.39 is 29.4 Å². The second kappa shape index (κ2) is 9.32. The summed E-state index contributed by atoms with van der Waals surface area (Å²) >= 11 is 0. The lowest BCUT2D eigenvalue weighted by atomic mass is 9.84. The summed E-state index contributed by atoms with van der Waals surface area (Å²) in [5, 5.41) is 10.1. The molecule has 3 aromatic carbocycles. The fraction of sp³-hybridized carbons (Fsp3) is 0.296. The fourth-order valence-corrected chi connectivity index (χ4v) is 4.55. The third-order valence-corrected chi connectivity index (χ3v) is 6.30. The van der Waals surface area contributed by atoms with Crippen molar-refractivity contribution in [3.8, 4) is 11.1 Å². The molecule has 1 N–H and O–H groups in total. The summed E-state index contributed by atoms with van der Waals surface area (Å²) in [5.41, 5.74) is 1.83. The van der Waals surface area contributed by atoms with Crippen LogP contribution in [0.5, 0.6) is 0 Å². The average molecular weight is 452 g/mol. The Kier molecular flexibility index (Phi) is 6.47. The van der Waals surface area contributed by atoms with Crippen molar-refractivity contribution in [2.75, 3.05) is 6.54 Å². The van der Waals surface area contributed by atoms with E-state index in [1.54, 1.807) is 24.0 Å². The van der Waals surface area contributed by atoms with Crippen LogP contribution in [0.3, 0.4) is 0 Å². The molecule has 0 spiro atoms. The van der Waals surface area contributed by atoms with Crippen LogP contribution in [-0.4, -0.2) is 28.7 Å². The zero-order chi connectivity index (χ0) is 23.6. The zero-order valence-corrected chi connectivity index (χ0v) is 18.7. The molecule has 3 unspecified atom stereocenters. The Morgan fingerprint density at radius 2 is 1.73 bits per heavy atom. The number of ether oxygens (including phenoxy) is 1. The predicted molar refractivity (Wildman–Crippen MR) is 122 cm³/mol. The minimum atomic E-state index is -0.868. The highest BCUT2D eigenvalue weighted by molar-refractivity contribution is 5.70. The molecule has 0 saturated carbocycles. The lowest BCUT2D eigenvalue weighted by molar-refractivity contribution is -0.0815. The van der Waals surface area contributed by atoms with Crippen molar-refractivity contribution in [3.63, 3.8) is 0 Å². The maximum absolute atomic E-state index is 14.1. The van der Waals surface area contributed by atoms with Crippen molar-refractivity contribution in [2.45, 2.75) is 44.4 Å². The van der Waals surface area contributed by atoms with Gasteiger partial charge in [-0.05, 0) is 42.7 Å². The summed E-state index contributed by atoms with van der Waals surface area (Å²) in [5.74, 6) is -1.24. The molecule has 3 aromatic rings. The molecular formula is C27H27F2NO3. The second-order valence-corrected chi connectivity index (χ2v) is 8.65. The largest absolute Gasteiger partial charge is 0.438 e. The van der Waals surface area contributed by atoms with Crippen LogP contribution in [0.2, 0.25) is 0 Å². The molecule has 4 nitrogen and oxygen atoms in total. The Hall–Kier alpha value is -3.25. The SMILES string of the molecule is CC(O)CC1(c2ccccc2)CCN(C(C)c2ccc(-c3ccc(F)cc3F)cc2)C(=O)O1. The van der Waals surface area contributed by atoms with Gasteiger partial charge in [0.05, 0.1) is 12.1 Å². The van der Waals surface area contributed by atoms with Crippen LogP contribution in [0.25, 0.3) is 11.1 Å². The van der Waals surface area contributed by atoms with Crippen molar-refractivity contribution >= 4 is 6.09 Å². The average Bonchev–Trinajstić information content (AvgIpc) is 2.79. The van der Waals surface area contributed by atoms with Gasteiger partial charge in [0.1, 0.15) is 17.2 Å². The number of cyclic esters (lactones) is 1. The van der Waals surface area contributed by atoms with E-state index in [1.165, 1.54) is 12.1 Å². The Bertz CT molecular complexity index is 1120. The molecule has 1 amide bonds. The number of aliphatic hydroxyl groups is 1. The van der Waals surface area contributed by atoms with Crippen LogP contribution in [0.1, 0.15) is 43.9 Å². The summed E-state index contributed by atoms with van der Waals surface area (Å²) in [6.07, 6.45) is -0.187. The normalized spacial score (nSPS) is 20.3. The summed E-state index contributed by atoms with van der Waals surface area (Å²) in [6.45, 7) is 4.08. The molecule has 1 fully saturated rings. The lowest BCUT2D eigenvalue weighted by Gasteiger charge is -2.44. The first-order valence-electron chi connectivity index (χ1n) is 11.1. The van der Waals surface area contributed by atoms with Crippen LogP contribution in [-0.2, 0) is 10.3 Å². The molecule has 3 atom stereocenters. The summed E-state index contributed by atoms with van der Waals surface area (Å²) in [4.78, 5) is 14.7. The highest BCUT2D eigenvalue weighted by atomic mass is 19.1. The van der Waals surface area contributed by atoms with E-state index in [9.17, 15) is 18.7 Å². The van der Waals surface area contributed by atoms with Crippen molar-refractivity contribution in [3.05, 3.63) is 95.6 Å².